The van der Waals surface area contributed by atoms with Crippen molar-refractivity contribution < 1.29 is 8.42 Å². The van der Waals surface area contributed by atoms with E-state index >= 15 is 0 Å². The third-order valence-electron chi connectivity index (χ3n) is 5.12. The molecule has 27 heavy (non-hydrogen) atoms. The molecule has 1 unspecified atom stereocenters. The fraction of sp³-hybridized carbons (Fsp3) is 0.650. The van der Waals surface area contributed by atoms with Gasteiger partial charge in [-0.3, -0.25) is 4.99 Å². The summed E-state index contributed by atoms with van der Waals surface area (Å²) in [6.07, 6.45) is 4.57. The molecule has 1 aromatic carbocycles. The normalized spacial score (nSPS) is 19.3. The molecular weight excluding hydrogens is 360 g/mol. The van der Waals surface area contributed by atoms with Crippen LogP contribution < -0.4 is 10.6 Å². The van der Waals surface area contributed by atoms with E-state index in [2.05, 4.69) is 34.4 Å². The lowest BCUT2D eigenvalue weighted by atomic mass is 9.97. The third-order valence-corrected chi connectivity index (χ3v) is 6.25. The second kappa shape index (κ2) is 10.1. The van der Waals surface area contributed by atoms with Gasteiger partial charge in [0, 0.05) is 39.0 Å². The molecule has 1 aliphatic rings. The molecule has 0 aromatic heterocycles. The highest BCUT2D eigenvalue weighted by atomic mass is 32.2. The van der Waals surface area contributed by atoms with Crippen molar-refractivity contribution in [3.63, 3.8) is 0 Å². The lowest BCUT2D eigenvalue weighted by molar-refractivity contribution is 0.141. The largest absolute Gasteiger partial charge is 0.356 e. The highest BCUT2D eigenvalue weighted by molar-refractivity contribution is 7.90. The van der Waals surface area contributed by atoms with Gasteiger partial charge in [-0.05, 0) is 63.3 Å². The van der Waals surface area contributed by atoms with E-state index in [1.54, 1.807) is 19.2 Å². The maximum absolute atomic E-state index is 11.5. The second-order valence-electron chi connectivity index (χ2n) is 7.64. The monoisotopic (exact) mass is 394 g/mol. The Morgan fingerprint density at radius 1 is 1.26 bits per heavy atom. The predicted octanol–water partition coefficient (Wildman–Crippen LogP) is 1.92. The van der Waals surface area contributed by atoms with Crippen molar-refractivity contribution in [3.8, 4) is 0 Å². The summed E-state index contributed by atoms with van der Waals surface area (Å²) in [6.45, 7) is 8.57. The first-order valence-corrected chi connectivity index (χ1v) is 11.7. The molecule has 0 radical (unpaired) electrons. The van der Waals surface area contributed by atoms with Gasteiger partial charge in [-0.15, -0.1) is 0 Å². The van der Waals surface area contributed by atoms with E-state index in [1.807, 2.05) is 12.1 Å². The lowest BCUT2D eigenvalue weighted by Gasteiger charge is -2.35. The van der Waals surface area contributed by atoms with Crippen LogP contribution in [0.2, 0.25) is 0 Å². The van der Waals surface area contributed by atoms with Crippen LogP contribution in [0.5, 0.6) is 0 Å². The number of hydrogen-bond acceptors (Lipinski definition) is 4. The van der Waals surface area contributed by atoms with Crippen molar-refractivity contribution in [2.24, 2.45) is 10.9 Å². The predicted molar refractivity (Wildman–Crippen MR) is 112 cm³/mol. The summed E-state index contributed by atoms with van der Waals surface area (Å²) < 4.78 is 23.0. The lowest BCUT2D eigenvalue weighted by Crippen LogP contribution is -2.46. The molecule has 0 spiro atoms. The van der Waals surface area contributed by atoms with Crippen molar-refractivity contribution in [3.05, 3.63) is 29.8 Å². The maximum atomic E-state index is 11.5. The van der Waals surface area contributed by atoms with Gasteiger partial charge in [0.1, 0.15) is 0 Å². The minimum absolute atomic E-state index is 0.361. The zero-order valence-corrected chi connectivity index (χ0v) is 17.8. The van der Waals surface area contributed by atoms with Crippen molar-refractivity contribution >= 4 is 15.8 Å². The van der Waals surface area contributed by atoms with Crippen LogP contribution in [0, 0.1) is 5.92 Å². The smallest absolute Gasteiger partial charge is 0.190 e. The maximum Gasteiger partial charge on any atom is 0.190 e. The summed E-state index contributed by atoms with van der Waals surface area (Å²) in [5.74, 6) is 1.48. The average Bonchev–Trinajstić information content (AvgIpc) is 2.64. The van der Waals surface area contributed by atoms with Gasteiger partial charge in [0.2, 0.25) is 0 Å². The van der Waals surface area contributed by atoms with Crippen LogP contribution >= 0.6 is 0 Å². The Hall–Kier alpha value is -1.60. The Morgan fingerprint density at radius 2 is 1.96 bits per heavy atom. The van der Waals surface area contributed by atoms with E-state index in [0.29, 0.717) is 16.9 Å². The number of sulfone groups is 1. The zero-order chi connectivity index (χ0) is 19.9. The first-order valence-electron chi connectivity index (χ1n) is 9.77. The summed E-state index contributed by atoms with van der Waals surface area (Å²) >= 11 is 0. The summed E-state index contributed by atoms with van der Waals surface area (Å²) in [7, 11) is -1.34. The number of rotatable bonds is 7. The Kier molecular flexibility index (Phi) is 8.10. The molecule has 1 saturated heterocycles. The Balaban J connectivity index is 1.74. The Labute approximate surface area is 164 Å². The van der Waals surface area contributed by atoms with E-state index in [4.69, 9.17) is 0 Å². The first-order chi connectivity index (χ1) is 12.8. The van der Waals surface area contributed by atoms with Crippen LogP contribution in [-0.2, 0) is 16.3 Å². The van der Waals surface area contributed by atoms with Gasteiger partial charge in [0.25, 0.3) is 0 Å². The third kappa shape index (κ3) is 7.14. The average molecular weight is 395 g/mol. The van der Waals surface area contributed by atoms with Crippen LogP contribution in [-0.4, -0.2) is 64.8 Å². The van der Waals surface area contributed by atoms with E-state index in [1.165, 1.54) is 25.6 Å². The topological polar surface area (TPSA) is 73.8 Å². The first kappa shape index (κ1) is 21.7. The van der Waals surface area contributed by atoms with Gasteiger partial charge in [-0.1, -0.05) is 12.1 Å². The van der Waals surface area contributed by atoms with Crippen LogP contribution in [0.4, 0.5) is 0 Å². The van der Waals surface area contributed by atoms with Gasteiger partial charge in [0.15, 0.2) is 15.8 Å². The molecular formula is C20H34N4O2S. The minimum atomic E-state index is -3.13. The molecule has 1 aromatic rings. The van der Waals surface area contributed by atoms with Gasteiger partial charge < -0.3 is 15.5 Å². The van der Waals surface area contributed by atoms with Crippen molar-refractivity contribution in [2.45, 2.75) is 44.0 Å². The molecule has 0 bridgehead atoms. The van der Waals surface area contributed by atoms with Crippen LogP contribution in [0.3, 0.4) is 0 Å². The highest BCUT2D eigenvalue weighted by Gasteiger charge is 2.21. The van der Waals surface area contributed by atoms with Crippen molar-refractivity contribution in [2.75, 3.05) is 39.5 Å². The van der Waals surface area contributed by atoms with Crippen molar-refractivity contribution in [1.82, 2.24) is 15.5 Å². The standard InChI is InChI=1S/C20H34N4O2S/c1-16(2)24-13-5-6-18(15-24)14-23-20(21-3)22-12-11-17-7-9-19(10-8-17)27(4,25)26/h7-10,16,18H,5-6,11-15H2,1-4H3,(H2,21,22,23). The van der Waals surface area contributed by atoms with Crippen LogP contribution in [0.15, 0.2) is 34.2 Å². The number of guanidine groups is 1. The molecule has 0 amide bonds. The number of hydrogen-bond donors (Lipinski definition) is 2. The van der Waals surface area contributed by atoms with E-state index in [-0.39, 0.29) is 0 Å². The molecule has 7 heteroatoms. The van der Waals surface area contributed by atoms with Crippen molar-refractivity contribution in [1.29, 1.82) is 0 Å². The molecule has 0 aliphatic carbocycles. The molecule has 2 rings (SSSR count). The number of nitrogens with one attached hydrogen (secondary N) is 2. The summed E-state index contributed by atoms with van der Waals surface area (Å²) in [5, 5.41) is 6.79. The molecule has 1 atom stereocenters. The second-order valence-corrected chi connectivity index (χ2v) is 9.66. The molecule has 1 fully saturated rings. The van der Waals surface area contributed by atoms with Gasteiger partial charge in [-0.2, -0.15) is 0 Å². The van der Waals surface area contributed by atoms with E-state index in [0.717, 1.165) is 37.6 Å². The van der Waals surface area contributed by atoms with Gasteiger partial charge in [-0.25, -0.2) is 8.42 Å². The van der Waals surface area contributed by atoms with E-state index < -0.39 is 9.84 Å². The number of nitrogens with zero attached hydrogens (tertiary/aromatic N) is 2. The Bertz CT molecular complexity index is 714. The summed E-state index contributed by atoms with van der Waals surface area (Å²) in [5.41, 5.74) is 1.10. The molecule has 2 N–H and O–H groups in total. The molecule has 1 heterocycles. The highest BCUT2D eigenvalue weighted by Crippen LogP contribution is 2.17. The van der Waals surface area contributed by atoms with Crippen LogP contribution in [0.1, 0.15) is 32.3 Å². The Morgan fingerprint density at radius 3 is 2.56 bits per heavy atom. The molecule has 6 nitrogen and oxygen atoms in total. The molecule has 1 aliphatic heterocycles. The zero-order valence-electron chi connectivity index (χ0n) is 17.0. The van der Waals surface area contributed by atoms with Gasteiger partial charge in [0.05, 0.1) is 4.90 Å². The molecule has 0 saturated carbocycles. The fourth-order valence-corrected chi connectivity index (χ4v) is 4.05. The van der Waals surface area contributed by atoms with Gasteiger partial charge >= 0.3 is 0 Å². The SMILES string of the molecule is CN=C(NCCc1ccc(S(C)(=O)=O)cc1)NCC1CCCN(C(C)C)C1. The minimum Gasteiger partial charge on any atom is -0.356 e. The molecule has 152 valence electrons. The number of benzene rings is 1. The number of likely N-dealkylation sites (tertiary alicyclic amines) is 1. The number of aliphatic imine (C=N–C) groups is 1. The quantitative estimate of drug-likeness (QED) is 0.546. The van der Waals surface area contributed by atoms with Crippen LogP contribution in [0.25, 0.3) is 0 Å². The summed E-state index contributed by atoms with van der Waals surface area (Å²) in [6, 6.07) is 7.69. The fourth-order valence-electron chi connectivity index (χ4n) is 3.42. The summed E-state index contributed by atoms with van der Waals surface area (Å²) in [4.78, 5) is 7.21. The number of piperidine rings is 1. The van der Waals surface area contributed by atoms with E-state index in [9.17, 15) is 8.42 Å².